The summed E-state index contributed by atoms with van der Waals surface area (Å²) in [5.74, 6) is -0.0697. The fraction of sp³-hybridized carbons (Fsp3) is 0.150. The first-order chi connectivity index (χ1) is 13.0. The number of rotatable bonds is 6. The van der Waals surface area contributed by atoms with Crippen molar-refractivity contribution in [2.24, 2.45) is 0 Å². The summed E-state index contributed by atoms with van der Waals surface area (Å²) >= 11 is 0. The maximum absolute atomic E-state index is 12.5. The van der Waals surface area contributed by atoms with Crippen LogP contribution in [-0.2, 0) is 4.79 Å². The molecule has 0 unspecified atom stereocenters. The molecule has 1 amide bonds. The fourth-order valence-electron chi connectivity index (χ4n) is 2.68. The van der Waals surface area contributed by atoms with E-state index in [1.165, 1.54) is 32.2 Å². The zero-order chi connectivity index (χ0) is 19.4. The third kappa shape index (κ3) is 3.98. The Morgan fingerprint density at radius 2 is 1.85 bits per heavy atom. The van der Waals surface area contributed by atoms with Crippen molar-refractivity contribution in [2.45, 2.75) is 13.0 Å². The third-order valence-electron chi connectivity index (χ3n) is 4.08. The highest BCUT2D eigenvalue weighted by Crippen LogP contribution is 2.32. The highest BCUT2D eigenvalue weighted by atomic mass is 16.6. The van der Waals surface area contributed by atoms with Crippen molar-refractivity contribution in [1.29, 1.82) is 0 Å². The Balaban J connectivity index is 1.79. The number of hydrogen-bond donors (Lipinski definition) is 1. The van der Waals surface area contributed by atoms with Crippen LogP contribution in [0.3, 0.4) is 0 Å². The molecule has 3 aromatic carbocycles. The van der Waals surface area contributed by atoms with Crippen LogP contribution in [0.1, 0.15) is 6.92 Å². The first-order valence-electron chi connectivity index (χ1n) is 8.27. The predicted molar refractivity (Wildman–Crippen MR) is 102 cm³/mol. The molecular weight excluding hydrogens is 348 g/mol. The summed E-state index contributed by atoms with van der Waals surface area (Å²) in [4.78, 5) is 23.2. The average Bonchev–Trinajstić information content (AvgIpc) is 2.68. The van der Waals surface area contributed by atoms with E-state index in [0.29, 0.717) is 11.4 Å². The third-order valence-corrected chi connectivity index (χ3v) is 4.08. The summed E-state index contributed by atoms with van der Waals surface area (Å²) < 4.78 is 10.5. The van der Waals surface area contributed by atoms with Gasteiger partial charge in [0.05, 0.1) is 18.1 Å². The first kappa shape index (κ1) is 18.2. The Morgan fingerprint density at radius 1 is 1.11 bits per heavy atom. The highest BCUT2D eigenvalue weighted by molar-refractivity contribution is 6.03. The second-order valence-corrected chi connectivity index (χ2v) is 5.87. The van der Waals surface area contributed by atoms with E-state index >= 15 is 0 Å². The summed E-state index contributed by atoms with van der Waals surface area (Å²) in [6, 6.07) is 17.5. The molecule has 1 atom stereocenters. The lowest BCUT2D eigenvalue weighted by molar-refractivity contribution is -0.386. The molecule has 1 N–H and O–H groups in total. The minimum Gasteiger partial charge on any atom is -0.496 e. The van der Waals surface area contributed by atoms with E-state index in [2.05, 4.69) is 5.32 Å². The molecular formula is C20H18N2O5. The van der Waals surface area contributed by atoms with E-state index in [1.807, 2.05) is 36.4 Å². The van der Waals surface area contributed by atoms with E-state index in [4.69, 9.17) is 9.47 Å². The van der Waals surface area contributed by atoms with Gasteiger partial charge in [-0.2, -0.15) is 0 Å². The SMILES string of the molecule is COc1ccc(O[C@@H](C)C(=O)Nc2cccc3ccccc23)c([N+](=O)[O-])c1. The van der Waals surface area contributed by atoms with Gasteiger partial charge in [-0.15, -0.1) is 0 Å². The zero-order valence-electron chi connectivity index (χ0n) is 14.8. The quantitative estimate of drug-likeness (QED) is 0.522. The Labute approximate surface area is 155 Å². The van der Waals surface area contributed by atoms with Gasteiger partial charge >= 0.3 is 5.69 Å². The Bertz CT molecular complexity index is 997. The number of nitro groups is 1. The number of methoxy groups -OCH3 is 1. The number of hydrogen-bond acceptors (Lipinski definition) is 5. The molecule has 3 aromatic rings. The maximum atomic E-state index is 12.5. The van der Waals surface area contributed by atoms with Crippen LogP contribution < -0.4 is 14.8 Å². The summed E-state index contributed by atoms with van der Waals surface area (Å²) in [5, 5.41) is 16.0. The number of nitro benzene ring substituents is 1. The second kappa shape index (κ2) is 7.74. The molecule has 0 aromatic heterocycles. The molecule has 7 heteroatoms. The van der Waals surface area contributed by atoms with Crippen molar-refractivity contribution in [1.82, 2.24) is 0 Å². The van der Waals surface area contributed by atoms with E-state index in [-0.39, 0.29) is 11.4 Å². The summed E-state index contributed by atoms with van der Waals surface area (Å²) in [7, 11) is 1.42. The number of ether oxygens (including phenoxy) is 2. The highest BCUT2D eigenvalue weighted by Gasteiger charge is 2.22. The molecule has 0 bridgehead atoms. The topological polar surface area (TPSA) is 90.7 Å². The summed E-state index contributed by atoms with van der Waals surface area (Å²) in [6.07, 6.45) is -0.934. The van der Waals surface area contributed by atoms with E-state index in [0.717, 1.165) is 10.8 Å². The van der Waals surface area contributed by atoms with Crippen molar-refractivity contribution in [3.8, 4) is 11.5 Å². The van der Waals surface area contributed by atoms with Gasteiger partial charge in [-0.25, -0.2) is 0 Å². The molecule has 0 saturated heterocycles. The molecule has 138 valence electrons. The van der Waals surface area contributed by atoms with Gasteiger partial charge in [0.25, 0.3) is 5.91 Å². The number of benzene rings is 3. The number of fused-ring (bicyclic) bond motifs is 1. The molecule has 0 spiro atoms. The molecule has 0 aliphatic heterocycles. The molecule has 3 rings (SSSR count). The van der Waals surface area contributed by atoms with Crippen molar-refractivity contribution in [2.75, 3.05) is 12.4 Å². The second-order valence-electron chi connectivity index (χ2n) is 5.87. The monoisotopic (exact) mass is 366 g/mol. The zero-order valence-corrected chi connectivity index (χ0v) is 14.8. The number of anilines is 1. The van der Waals surface area contributed by atoms with Crippen molar-refractivity contribution >= 4 is 28.1 Å². The van der Waals surface area contributed by atoms with Gasteiger partial charge in [0.2, 0.25) is 0 Å². The van der Waals surface area contributed by atoms with Crippen LogP contribution in [0.25, 0.3) is 10.8 Å². The van der Waals surface area contributed by atoms with Crippen molar-refractivity contribution < 1.29 is 19.2 Å². The normalized spacial score (nSPS) is 11.6. The van der Waals surface area contributed by atoms with Crippen LogP contribution in [0.4, 0.5) is 11.4 Å². The molecule has 0 aliphatic carbocycles. The number of carbonyl (C=O) groups excluding carboxylic acids is 1. The van der Waals surface area contributed by atoms with Crippen LogP contribution in [0.15, 0.2) is 60.7 Å². The molecule has 0 radical (unpaired) electrons. The van der Waals surface area contributed by atoms with Crippen molar-refractivity contribution in [3.05, 3.63) is 70.8 Å². The Hall–Kier alpha value is -3.61. The van der Waals surface area contributed by atoms with E-state index in [1.54, 1.807) is 6.07 Å². The fourth-order valence-corrected chi connectivity index (χ4v) is 2.68. The van der Waals surface area contributed by atoms with Gasteiger partial charge in [0, 0.05) is 11.1 Å². The van der Waals surface area contributed by atoms with Crippen LogP contribution in [0.5, 0.6) is 11.5 Å². The Kier molecular flexibility index (Phi) is 5.21. The van der Waals surface area contributed by atoms with Gasteiger partial charge in [0.15, 0.2) is 11.9 Å². The Morgan fingerprint density at radius 3 is 2.59 bits per heavy atom. The van der Waals surface area contributed by atoms with Gasteiger partial charge in [-0.05, 0) is 30.5 Å². The van der Waals surface area contributed by atoms with Crippen LogP contribution >= 0.6 is 0 Å². The van der Waals surface area contributed by atoms with Gasteiger partial charge in [0.1, 0.15) is 5.75 Å². The summed E-state index contributed by atoms with van der Waals surface area (Å²) in [5.41, 5.74) is 0.386. The smallest absolute Gasteiger partial charge is 0.314 e. The first-order valence-corrected chi connectivity index (χ1v) is 8.27. The number of nitrogens with one attached hydrogen (secondary N) is 1. The van der Waals surface area contributed by atoms with Gasteiger partial charge in [-0.1, -0.05) is 36.4 Å². The van der Waals surface area contributed by atoms with Crippen LogP contribution in [0.2, 0.25) is 0 Å². The lowest BCUT2D eigenvalue weighted by atomic mass is 10.1. The predicted octanol–water partition coefficient (Wildman–Crippen LogP) is 4.16. The number of nitrogens with zero attached hydrogens (tertiary/aromatic N) is 1. The number of carbonyl (C=O) groups is 1. The summed E-state index contributed by atoms with van der Waals surface area (Å²) in [6.45, 7) is 1.54. The van der Waals surface area contributed by atoms with Crippen LogP contribution in [-0.4, -0.2) is 24.0 Å². The maximum Gasteiger partial charge on any atom is 0.314 e. The molecule has 0 saturated carbocycles. The minimum atomic E-state index is -0.934. The molecule has 0 aliphatic rings. The van der Waals surface area contributed by atoms with Crippen LogP contribution in [0, 0.1) is 10.1 Å². The average molecular weight is 366 g/mol. The molecule has 0 fully saturated rings. The number of amides is 1. The van der Waals surface area contributed by atoms with Crippen molar-refractivity contribution in [3.63, 3.8) is 0 Å². The standard InChI is InChI=1S/C20H18N2O5/c1-13(27-19-11-10-15(26-2)12-18(19)22(24)25)20(23)21-17-9-5-7-14-6-3-4-8-16(14)17/h3-13H,1-2H3,(H,21,23)/t13-/m0/s1. The van der Waals surface area contributed by atoms with Gasteiger partial charge < -0.3 is 14.8 Å². The minimum absolute atomic E-state index is 0.00127. The lowest BCUT2D eigenvalue weighted by Gasteiger charge is -2.16. The molecule has 7 nitrogen and oxygen atoms in total. The molecule has 0 heterocycles. The van der Waals surface area contributed by atoms with E-state index in [9.17, 15) is 14.9 Å². The largest absolute Gasteiger partial charge is 0.496 e. The lowest BCUT2D eigenvalue weighted by Crippen LogP contribution is -2.30. The van der Waals surface area contributed by atoms with Gasteiger partial charge in [-0.3, -0.25) is 14.9 Å². The van der Waals surface area contributed by atoms with E-state index < -0.39 is 16.9 Å². The molecule has 27 heavy (non-hydrogen) atoms.